The van der Waals surface area contributed by atoms with Crippen LogP contribution in [-0.4, -0.2) is 20.9 Å². The van der Waals surface area contributed by atoms with Crippen LogP contribution in [0, 0.1) is 11.2 Å². The molecular formula is C12H15ClFNO3S. The van der Waals surface area contributed by atoms with Crippen molar-refractivity contribution in [2.45, 2.75) is 25.7 Å². The van der Waals surface area contributed by atoms with Crippen LogP contribution >= 0.6 is 10.7 Å². The third-order valence-corrected chi connectivity index (χ3v) is 3.60. The summed E-state index contributed by atoms with van der Waals surface area (Å²) in [6.45, 7) is 6.15. The Balaban J connectivity index is 2.95. The zero-order valence-corrected chi connectivity index (χ0v) is 12.4. The van der Waals surface area contributed by atoms with Crippen LogP contribution in [0.5, 0.6) is 0 Å². The van der Waals surface area contributed by atoms with Crippen LogP contribution in [0.3, 0.4) is 0 Å². The first-order valence-electron chi connectivity index (χ1n) is 5.53. The Hall–Kier alpha value is -1.14. The van der Waals surface area contributed by atoms with E-state index in [9.17, 15) is 17.6 Å². The number of amides is 1. The van der Waals surface area contributed by atoms with E-state index >= 15 is 0 Å². The Morgan fingerprint density at radius 3 is 2.37 bits per heavy atom. The Bertz CT molecular complexity index is 593. The van der Waals surface area contributed by atoms with Crippen molar-refractivity contribution in [1.82, 2.24) is 5.32 Å². The molecule has 0 saturated heterocycles. The highest BCUT2D eigenvalue weighted by Crippen LogP contribution is 2.19. The van der Waals surface area contributed by atoms with Gasteiger partial charge in [-0.1, -0.05) is 20.8 Å². The molecule has 0 fully saturated rings. The fourth-order valence-corrected chi connectivity index (χ4v) is 2.04. The van der Waals surface area contributed by atoms with Gasteiger partial charge >= 0.3 is 0 Å². The van der Waals surface area contributed by atoms with Crippen LogP contribution in [0.25, 0.3) is 0 Å². The molecule has 1 amide bonds. The normalized spacial score (nSPS) is 12.3. The Labute approximate surface area is 116 Å². The molecule has 0 saturated carbocycles. The third-order valence-electron chi connectivity index (χ3n) is 2.25. The fourth-order valence-electron chi connectivity index (χ4n) is 1.27. The van der Waals surface area contributed by atoms with Gasteiger partial charge in [-0.15, -0.1) is 0 Å². The van der Waals surface area contributed by atoms with Crippen molar-refractivity contribution in [3.8, 4) is 0 Å². The van der Waals surface area contributed by atoms with Gasteiger partial charge < -0.3 is 5.32 Å². The van der Waals surface area contributed by atoms with Crippen LogP contribution < -0.4 is 5.32 Å². The van der Waals surface area contributed by atoms with Gasteiger partial charge in [0.05, 0.1) is 10.5 Å². The molecule has 4 nitrogen and oxygen atoms in total. The molecule has 106 valence electrons. The predicted octanol–water partition coefficient (Wildman–Crippen LogP) is 2.53. The number of rotatable bonds is 3. The summed E-state index contributed by atoms with van der Waals surface area (Å²) >= 11 is 0. The van der Waals surface area contributed by atoms with E-state index in [1.54, 1.807) is 0 Å². The van der Waals surface area contributed by atoms with Crippen molar-refractivity contribution in [1.29, 1.82) is 0 Å². The molecule has 7 heteroatoms. The van der Waals surface area contributed by atoms with Gasteiger partial charge in [0.15, 0.2) is 0 Å². The molecule has 0 radical (unpaired) electrons. The number of halogens is 2. The van der Waals surface area contributed by atoms with Gasteiger partial charge in [0.2, 0.25) is 0 Å². The first-order chi connectivity index (χ1) is 8.50. The van der Waals surface area contributed by atoms with Gasteiger partial charge in [-0.2, -0.15) is 0 Å². The lowest BCUT2D eigenvalue weighted by Crippen LogP contribution is -2.32. The van der Waals surface area contributed by atoms with E-state index in [-0.39, 0.29) is 15.9 Å². The molecule has 0 spiro atoms. The second-order valence-corrected chi connectivity index (χ2v) is 7.89. The molecule has 1 aromatic carbocycles. The first kappa shape index (κ1) is 15.9. The lowest BCUT2D eigenvalue weighted by molar-refractivity contribution is 0.0935. The van der Waals surface area contributed by atoms with E-state index in [0.717, 1.165) is 18.2 Å². The second kappa shape index (κ2) is 5.46. The molecule has 0 aliphatic carbocycles. The minimum absolute atomic E-state index is 0.133. The molecular weight excluding hydrogens is 293 g/mol. The summed E-state index contributed by atoms with van der Waals surface area (Å²) in [6, 6.07) is 2.92. The van der Waals surface area contributed by atoms with Crippen LogP contribution in [-0.2, 0) is 9.05 Å². The van der Waals surface area contributed by atoms with Gasteiger partial charge in [-0.05, 0) is 23.6 Å². The topological polar surface area (TPSA) is 63.2 Å². The van der Waals surface area contributed by atoms with Crippen LogP contribution in [0.2, 0.25) is 0 Å². The summed E-state index contributed by atoms with van der Waals surface area (Å²) in [4.78, 5) is 11.4. The van der Waals surface area contributed by atoms with Crippen molar-refractivity contribution in [2.75, 3.05) is 6.54 Å². The zero-order valence-electron chi connectivity index (χ0n) is 10.8. The number of hydrogen-bond acceptors (Lipinski definition) is 3. The zero-order chi connectivity index (χ0) is 14.8. The molecule has 1 rings (SSSR count). The molecule has 1 N–H and O–H groups in total. The Kier molecular flexibility index (Phi) is 4.58. The average Bonchev–Trinajstić information content (AvgIpc) is 2.23. The van der Waals surface area contributed by atoms with Crippen molar-refractivity contribution < 1.29 is 17.6 Å². The van der Waals surface area contributed by atoms with Crippen molar-refractivity contribution >= 4 is 25.6 Å². The average molecular weight is 308 g/mol. The van der Waals surface area contributed by atoms with Crippen LogP contribution in [0.1, 0.15) is 31.1 Å². The van der Waals surface area contributed by atoms with Crippen LogP contribution in [0.15, 0.2) is 23.1 Å². The number of carbonyl (C=O) groups excluding carboxylic acids is 1. The predicted molar refractivity (Wildman–Crippen MR) is 71.2 cm³/mol. The molecule has 0 atom stereocenters. The van der Waals surface area contributed by atoms with Gasteiger partial charge in [0, 0.05) is 17.2 Å². The Morgan fingerprint density at radius 2 is 1.95 bits per heavy atom. The maximum Gasteiger partial charge on any atom is 0.261 e. The second-order valence-electron chi connectivity index (χ2n) is 5.32. The fraction of sp³-hybridized carbons (Fsp3) is 0.417. The molecule has 0 heterocycles. The molecule has 0 aliphatic rings. The monoisotopic (exact) mass is 307 g/mol. The highest BCUT2D eigenvalue weighted by Gasteiger charge is 2.18. The number of hydrogen-bond donors (Lipinski definition) is 1. The minimum atomic E-state index is -4.00. The standard InChI is InChI=1S/C12H15ClFNO3S/c1-12(2,3)7-15-11(16)9-5-4-8(6-10(9)14)19(13,17)18/h4-6H,7H2,1-3H3,(H,15,16). The minimum Gasteiger partial charge on any atom is -0.351 e. The Morgan fingerprint density at radius 1 is 1.37 bits per heavy atom. The SMILES string of the molecule is CC(C)(C)CNC(=O)c1ccc(S(=O)(=O)Cl)cc1F. The van der Waals surface area contributed by atoms with E-state index in [0.29, 0.717) is 6.54 Å². The largest absolute Gasteiger partial charge is 0.351 e. The van der Waals surface area contributed by atoms with Gasteiger partial charge in [-0.3, -0.25) is 4.79 Å². The smallest absolute Gasteiger partial charge is 0.261 e. The van der Waals surface area contributed by atoms with Gasteiger partial charge in [0.1, 0.15) is 5.82 Å². The third kappa shape index (κ3) is 4.80. The van der Waals surface area contributed by atoms with E-state index in [1.807, 2.05) is 20.8 Å². The quantitative estimate of drug-likeness (QED) is 0.873. The first-order valence-corrected chi connectivity index (χ1v) is 7.84. The number of nitrogens with one attached hydrogen (secondary N) is 1. The summed E-state index contributed by atoms with van der Waals surface area (Å²) < 4.78 is 35.7. The summed E-state index contributed by atoms with van der Waals surface area (Å²) in [7, 11) is 1.09. The van der Waals surface area contributed by atoms with Crippen molar-refractivity contribution in [2.24, 2.45) is 5.41 Å². The van der Waals surface area contributed by atoms with Gasteiger partial charge in [-0.25, -0.2) is 12.8 Å². The van der Waals surface area contributed by atoms with E-state index in [1.165, 1.54) is 0 Å². The number of benzene rings is 1. The molecule has 19 heavy (non-hydrogen) atoms. The summed E-state index contributed by atoms with van der Waals surface area (Å²) in [6.07, 6.45) is 0. The summed E-state index contributed by atoms with van der Waals surface area (Å²) in [5, 5.41) is 2.58. The lowest BCUT2D eigenvalue weighted by Gasteiger charge is -2.18. The van der Waals surface area contributed by atoms with E-state index in [4.69, 9.17) is 10.7 Å². The van der Waals surface area contributed by atoms with E-state index in [2.05, 4.69) is 5.32 Å². The van der Waals surface area contributed by atoms with Crippen molar-refractivity contribution in [3.63, 3.8) is 0 Å². The summed E-state index contributed by atoms with van der Waals surface area (Å²) in [5.41, 5.74) is -0.348. The molecule has 1 aromatic rings. The lowest BCUT2D eigenvalue weighted by atomic mass is 9.97. The number of carbonyl (C=O) groups is 1. The van der Waals surface area contributed by atoms with Crippen LogP contribution in [0.4, 0.5) is 4.39 Å². The van der Waals surface area contributed by atoms with Gasteiger partial charge in [0.25, 0.3) is 15.0 Å². The van der Waals surface area contributed by atoms with E-state index < -0.39 is 20.8 Å². The highest BCUT2D eigenvalue weighted by atomic mass is 35.7. The molecule has 0 aromatic heterocycles. The summed E-state index contributed by atoms with van der Waals surface area (Å²) in [5.74, 6) is -1.51. The highest BCUT2D eigenvalue weighted by molar-refractivity contribution is 8.13. The molecule has 0 bridgehead atoms. The molecule has 0 unspecified atom stereocenters. The molecule has 0 aliphatic heterocycles. The maximum atomic E-state index is 13.7. The maximum absolute atomic E-state index is 13.7. The van der Waals surface area contributed by atoms with Crippen molar-refractivity contribution in [3.05, 3.63) is 29.6 Å².